The first kappa shape index (κ1) is 20.3. The molecule has 31 heavy (non-hydrogen) atoms. The molecule has 7 nitrogen and oxygen atoms in total. The zero-order chi connectivity index (χ0) is 21.9. The van der Waals surface area contributed by atoms with E-state index in [0.717, 1.165) is 0 Å². The zero-order valence-corrected chi connectivity index (χ0v) is 17.8. The highest BCUT2D eigenvalue weighted by Gasteiger charge is 2.55. The van der Waals surface area contributed by atoms with Crippen molar-refractivity contribution in [1.82, 2.24) is 14.5 Å². The van der Waals surface area contributed by atoms with Gasteiger partial charge in [-0.1, -0.05) is 29.8 Å². The van der Waals surface area contributed by atoms with Crippen molar-refractivity contribution in [2.45, 2.75) is 24.8 Å². The first-order valence-electron chi connectivity index (χ1n) is 9.64. The lowest BCUT2D eigenvalue weighted by Gasteiger charge is -2.36. The van der Waals surface area contributed by atoms with E-state index in [1.807, 2.05) is 0 Å². The van der Waals surface area contributed by atoms with Crippen molar-refractivity contribution in [1.29, 1.82) is 0 Å². The largest absolute Gasteiger partial charge is 0.480 e. The van der Waals surface area contributed by atoms with E-state index in [2.05, 4.69) is 15.4 Å². The van der Waals surface area contributed by atoms with E-state index < -0.39 is 24.1 Å². The van der Waals surface area contributed by atoms with Crippen LogP contribution in [-0.4, -0.2) is 33.1 Å². The molecule has 2 aliphatic rings. The predicted molar refractivity (Wildman–Crippen MR) is 114 cm³/mol. The van der Waals surface area contributed by atoms with Crippen molar-refractivity contribution >= 4 is 45.6 Å². The van der Waals surface area contributed by atoms with Gasteiger partial charge in [-0.3, -0.25) is 15.2 Å². The van der Waals surface area contributed by atoms with Crippen LogP contribution in [0.5, 0.6) is 5.75 Å². The molecule has 11 heteroatoms. The Kier molecular flexibility index (Phi) is 4.71. The van der Waals surface area contributed by atoms with E-state index >= 15 is 8.78 Å². The Morgan fingerprint density at radius 2 is 2.00 bits per heavy atom. The van der Waals surface area contributed by atoms with Gasteiger partial charge in [0.05, 0.1) is 11.7 Å². The van der Waals surface area contributed by atoms with Gasteiger partial charge in [0.15, 0.2) is 12.4 Å². The Morgan fingerprint density at radius 1 is 1.26 bits per heavy atom. The number of nitrogens with one attached hydrogen (secondary N) is 1. The number of ether oxygens (including phenoxy) is 1. The van der Waals surface area contributed by atoms with Gasteiger partial charge in [0.25, 0.3) is 5.56 Å². The number of benzene rings is 1. The van der Waals surface area contributed by atoms with E-state index in [-0.39, 0.29) is 33.5 Å². The molecular formula is C20H17Cl2F2N5O2. The lowest BCUT2D eigenvalue weighted by molar-refractivity contribution is -0.0637. The molecule has 3 aromatic rings. The second-order valence-electron chi connectivity index (χ2n) is 7.71. The maximum atomic E-state index is 15.3. The number of anilines is 2. The molecule has 0 saturated heterocycles. The number of rotatable bonds is 3. The molecule has 1 aliphatic heterocycles. The standard InChI is InChI=1S/C20H17Cl2F2N5O2/c1-28-13-5-3-2-4-11(13)14-15(18(28)30)31-9-20(23,24)16(10-6-7-10)29(14)27-17-12(21)8-25-19(22)26-17/h2-5,8,10,16H,6-7,9H2,1H3,(H,25,26,27)/t16-/m0/s1. The van der Waals surface area contributed by atoms with Crippen LogP contribution in [-0.2, 0) is 7.05 Å². The molecule has 1 saturated carbocycles. The molecule has 0 bridgehead atoms. The minimum atomic E-state index is -3.25. The van der Waals surface area contributed by atoms with E-state index in [0.29, 0.717) is 23.7 Å². The van der Waals surface area contributed by atoms with Crippen LogP contribution in [0.3, 0.4) is 0 Å². The van der Waals surface area contributed by atoms with E-state index in [4.69, 9.17) is 27.9 Å². The summed E-state index contributed by atoms with van der Waals surface area (Å²) in [5, 5.41) is 1.87. The summed E-state index contributed by atoms with van der Waals surface area (Å²) >= 11 is 12.1. The van der Waals surface area contributed by atoms with Gasteiger partial charge in [0.2, 0.25) is 11.0 Å². The molecule has 1 aliphatic carbocycles. The van der Waals surface area contributed by atoms with Gasteiger partial charge in [-0.05, 0) is 36.4 Å². The Balaban J connectivity index is 1.80. The van der Waals surface area contributed by atoms with Gasteiger partial charge >= 0.3 is 5.92 Å². The second kappa shape index (κ2) is 7.20. The number of alkyl halides is 2. The third-order valence-electron chi connectivity index (χ3n) is 5.60. The molecule has 1 fully saturated rings. The highest BCUT2D eigenvalue weighted by molar-refractivity contribution is 6.33. The molecular weight excluding hydrogens is 451 g/mol. The van der Waals surface area contributed by atoms with Crippen LogP contribution in [0.2, 0.25) is 10.3 Å². The Labute approximate surface area is 185 Å². The van der Waals surface area contributed by atoms with Crippen LogP contribution in [0.25, 0.3) is 10.9 Å². The first-order chi connectivity index (χ1) is 14.8. The monoisotopic (exact) mass is 467 g/mol. The molecule has 1 atom stereocenters. The fraction of sp³-hybridized carbons (Fsp3) is 0.350. The van der Waals surface area contributed by atoms with Crippen LogP contribution in [0.15, 0.2) is 35.3 Å². The fourth-order valence-electron chi connectivity index (χ4n) is 4.03. The van der Waals surface area contributed by atoms with Crippen molar-refractivity contribution in [2.75, 3.05) is 17.0 Å². The number of nitrogens with zero attached hydrogens (tertiary/aromatic N) is 4. The first-order valence-corrected chi connectivity index (χ1v) is 10.4. The summed E-state index contributed by atoms with van der Waals surface area (Å²) in [6, 6.07) is 5.77. The van der Waals surface area contributed by atoms with Gasteiger partial charge in [-0.15, -0.1) is 0 Å². The summed E-state index contributed by atoms with van der Waals surface area (Å²) in [6.07, 6.45) is 2.55. The van der Waals surface area contributed by atoms with Gasteiger partial charge in [-0.25, -0.2) is 13.8 Å². The average Bonchev–Trinajstić information content (AvgIpc) is 3.56. The molecule has 2 aromatic heterocycles. The second-order valence-corrected chi connectivity index (χ2v) is 8.45. The Morgan fingerprint density at radius 3 is 2.74 bits per heavy atom. The highest BCUT2D eigenvalue weighted by Crippen LogP contribution is 2.48. The molecule has 0 unspecified atom stereocenters. The quantitative estimate of drug-likeness (QED) is 0.579. The van der Waals surface area contributed by atoms with Crippen molar-refractivity contribution in [3.63, 3.8) is 0 Å². The summed E-state index contributed by atoms with van der Waals surface area (Å²) < 4.78 is 37.5. The van der Waals surface area contributed by atoms with E-state index in [1.54, 1.807) is 31.3 Å². The maximum Gasteiger partial charge on any atom is 0.303 e. The van der Waals surface area contributed by atoms with Crippen molar-refractivity contribution in [2.24, 2.45) is 13.0 Å². The van der Waals surface area contributed by atoms with Crippen LogP contribution in [0.4, 0.5) is 20.3 Å². The van der Waals surface area contributed by atoms with Crippen LogP contribution in [0.1, 0.15) is 12.8 Å². The number of hydrogen-bond acceptors (Lipinski definition) is 6. The molecule has 0 amide bonds. The van der Waals surface area contributed by atoms with Crippen LogP contribution < -0.4 is 20.7 Å². The maximum absolute atomic E-state index is 15.3. The third-order valence-corrected chi connectivity index (χ3v) is 6.06. The van der Waals surface area contributed by atoms with E-state index in [9.17, 15) is 4.79 Å². The number of hydrazine groups is 1. The molecule has 162 valence electrons. The number of aryl methyl sites for hydroxylation is 1. The van der Waals surface area contributed by atoms with Gasteiger partial charge < -0.3 is 9.30 Å². The summed E-state index contributed by atoms with van der Waals surface area (Å²) in [6.45, 7) is -0.912. The summed E-state index contributed by atoms with van der Waals surface area (Å²) in [5.41, 5.74) is 3.19. The molecule has 3 heterocycles. The number of hydrogen-bond donors (Lipinski definition) is 1. The number of pyridine rings is 1. The SMILES string of the molecule is Cn1c(=O)c2c(c3ccccc31)N(Nc1nc(Cl)ncc1Cl)[C@@H](C1CC1)C(F)(F)CO2. The number of fused-ring (bicyclic) bond motifs is 3. The molecule has 5 rings (SSSR count). The third kappa shape index (κ3) is 3.36. The minimum Gasteiger partial charge on any atom is -0.480 e. The van der Waals surface area contributed by atoms with Crippen LogP contribution >= 0.6 is 23.2 Å². The normalized spacial score (nSPS) is 20.2. The number of halogens is 4. The van der Waals surface area contributed by atoms with Gasteiger partial charge in [0.1, 0.15) is 16.8 Å². The van der Waals surface area contributed by atoms with E-state index in [1.165, 1.54) is 15.8 Å². The van der Waals surface area contributed by atoms with Gasteiger partial charge in [-0.2, -0.15) is 4.98 Å². The Hall–Kier alpha value is -2.65. The molecule has 0 radical (unpaired) electrons. The number of aromatic nitrogens is 3. The topological polar surface area (TPSA) is 72.3 Å². The van der Waals surface area contributed by atoms with Crippen LogP contribution in [0, 0.1) is 5.92 Å². The fourth-order valence-corrected chi connectivity index (χ4v) is 4.30. The van der Waals surface area contributed by atoms with Crippen molar-refractivity contribution < 1.29 is 13.5 Å². The predicted octanol–water partition coefficient (Wildman–Crippen LogP) is 4.28. The molecule has 1 N–H and O–H groups in total. The smallest absolute Gasteiger partial charge is 0.303 e. The summed E-state index contributed by atoms with van der Waals surface area (Å²) in [4.78, 5) is 20.9. The molecule has 0 spiro atoms. The summed E-state index contributed by atoms with van der Waals surface area (Å²) in [5.74, 6) is -3.65. The molecule has 1 aromatic carbocycles. The minimum absolute atomic E-state index is 0.0562. The zero-order valence-electron chi connectivity index (χ0n) is 16.3. The van der Waals surface area contributed by atoms with Crippen molar-refractivity contribution in [3.05, 3.63) is 51.1 Å². The Bertz CT molecular complexity index is 1250. The van der Waals surface area contributed by atoms with Crippen molar-refractivity contribution in [3.8, 4) is 5.75 Å². The lowest BCUT2D eigenvalue weighted by atomic mass is 10.0. The average molecular weight is 468 g/mol. The highest BCUT2D eigenvalue weighted by atomic mass is 35.5. The number of para-hydroxylation sites is 1. The summed E-state index contributed by atoms with van der Waals surface area (Å²) in [7, 11) is 1.58. The van der Waals surface area contributed by atoms with Gasteiger partial charge in [0, 0.05) is 12.4 Å². The lowest BCUT2D eigenvalue weighted by Crippen LogP contribution is -2.53.